The van der Waals surface area contributed by atoms with E-state index >= 15 is 0 Å². The largest absolute Gasteiger partial charge is 0.507 e. The van der Waals surface area contributed by atoms with Crippen molar-refractivity contribution in [2.45, 2.75) is 19.9 Å². The van der Waals surface area contributed by atoms with Crippen molar-refractivity contribution in [2.24, 2.45) is 4.99 Å². The summed E-state index contributed by atoms with van der Waals surface area (Å²) in [5, 5.41) is 12.1. The zero-order chi connectivity index (χ0) is 26.3. The molecule has 1 aliphatic rings. The van der Waals surface area contributed by atoms with Gasteiger partial charge in [-0.25, -0.2) is 9.79 Å². The van der Waals surface area contributed by atoms with Gasteiger partial charge in [0.1, 0.15) is 17.5 Å². The van der Waals surface area contributed by atoms with Crippen LogP contribution in [0.2, 0.25) is 0 Å². The summed E-state index contributed by atoms with van der Waals surface area (Å²) >= 11 is 4.60. The molecule has 0 saturated heterocycles. The van der Waals surface area contributed by atoms with Gasteiger partial charge in [0.2, 0.25) is 0 Å². The minimum absolute atomic E-state index is 0.0460. The predicted molar refractivity (Wildman–Crippen MR) is 147 cm³/mol. The van der Waals surface area contributed by atoms with Gasteiger partial charge in [-0.1, -0.05) is 57.6 Å². The Kier molecular flexibility index (Phi) is 6.74. The van der Waals surface area contributed by atoms with Gasteiger partial charge in [-0.3, -0.25) is 9.36 Å². The number of ether oxygens (including phenoxy) is 2. The number of hydrogen-bond donors (Lipinski definition) is 1. The molecule has 0 bridgehead atoms. The van der Waals surface area contributed by atoms with Crippen LogP contribution in [0.3, 0.4) is 0 Å². The number of rotatable bonds is 5. The average Bonchev–Trinajstić information content (AvgIpc) is 3.19. The number of nitrogens with zero attached hydrogens (tertiary/aromatic N) is 2. The first-order valence-corrected chi connectivity index (χ1v) is 13.2. The number of carbonyl (C=O) groups is 1. The highest BCUT2D eigenvalue weighted by Crippen LogP contribution is 2.40. The number of fused-ring (bicyclic) bond motifs is 2. The molecule has 9 heteroatoms. The summed E-state index contributed by atoms with van der Waals surface area (Å²) in [7, 11) is 1.56. The predicted octanol–water partition coefficient (Wildman–Crippen LogP) is 4.43. The van der Waals surface area contributed by atoms with Gasteiger partial charge in [0.15, 0.2) is 4.80 Å². The second kappa shape index (κ2) is 9.99. The number of phenolic OH excluding ortho intramolecular Hbond substituents is 1. The molecule has 0 fully saturated rings. The van der Waals surface area contributed by atoms with E-state index in [0.29, 0.717) is 31.9 Å². The van der Waals surface area contributed by atoms with Crippen molar-refractivity contribution >= 4 is 50.1 Å². The third-order valence-corrected chi connectivity index (χ3v) is 7.69. The number of thiazole rings is 1. The molecule has 1 unspecified atom stereocenters. The van der Waals surface area contributed by atoms with Gasteiger partial charge in [-0.05, 0) is 55.0 Å². The number of phenols is 1. The molecule has 1 aliphatic heterocycles. The van der Waals surface area contributed by atoms with Crippen molar-refractivity contribution in [3.05, 3.63) is 101 Å². The molecule has 37 heavy (non-hydrogen) atoms. The zero-order valence-electron chi connectivity index (χ0n) is 20.3. The van der Waals surface area contributed by atoms with Crippen LogP contribution in [0.1, 0.15) is 31.0 Å². The normalized spacial score (nSPS) is 15.5. The van der Waals surface area contributed by atoms with Crippen molar-refractivity contribution in [1.29, 1.82) is 0 Å². The summed E-state index contributed by atoms with van der Waals surface area (Å²) in [6.45, 7) is 3.66. The summed E-state index contributed by atoms with van der Waals surface area (Å²) in [4.78, 5) is 32.3. The molecule has 0 radical (unpaired) electrons. The lowest BCUT2D eigenvalue weighted by molar-refractivity contribution is -0.139. The molecule has 0 saturated carbocycles. The number of allylic oxidation sites excluding steroid dienone is 1. The standard InChI is InChI=1S/C28H23BrN2O5S/c1-4-36-27(34)23-15(2)30-28-31(26(33)22(37-28)14-17-13-18(29)10-11-20(17)32)25(23)24-19-8-6-5-7-16(19)9-12-21(24)35-3/h5-14,25,32H,4H2,1-3H3/b22-14-. The third kappa shape index (κ3) is 4.38. The van der Waals surface area contributed by atoms with E-state index in [-0.39, 0.29) is 23.5 Å². The monoisotopic (exact) mass is 578 g/mol. The summed E-state index contributed by atoms with van der Waals surface area (Å²) in [5.41, 5.74) is 1.57. The lowest BCUT2D eigenvalue weighted by atomic mass is 9.90. The van der Waals surface area contributed by atoms with E-state index in [0.717, 1.165) is 15.2 Å². The van der Waals surface area contributed by atoms with Gasteiger partial charge in [0.05, 0.1) is 29.5 Å². The number of hydrogen-bond acceptors (Lipinski definition) is 7. The Balaban J connectivity index is 1.86. The molecule has 0 aliphatic carbocycles. The fraction of sp³-hybridized carbons (Fsp3) is 0.179. The van der Waals surface area contributed by atoms with E-state index in [1.54, 1.807) is 45.2 Å². The quantitative estimate of drug-likeness (QED) is 0.354. The van der Waals surface area contributed by atoms with Crippen LogP contribution in [-0.4, -0.2) is 29.4 Å². The van der Waals surface area contributed by atoms with E-state index in [2.05, 4.69) is 20.9 Å². The second-order valence-corrected chi connectivity index (χ2v) is 10.3. The molecular weight excluding hydrogens is 556 g/mol. The van der Waals surface area contributed by atoms with Crippen LogP contribution in [0.25, 0.3) is 16.8 Å². The van der Waals surface area contributed by atoms with E-state index < -0.39 is 12.0 Å². The van der Waals surface area contributed by atoms with Crippen LogP contribution < -0.4 is 19.6 Å². The van der Waals surface area contributed by atoms with Crippen molar-refractivity contribution in [3.63, 3.8) is 0 Å². The van der Waals surface area contributed by atoms with E-state index in [1.165, 1.54) is 15.9 Å². The molecule has 4 aromatic rings. The number of carbonyl (C=O) groups excluding carboxylic acids is 1. The van der Waals surface area contributed by atoms with Gasteiger partial charge in [0.25, 0.3) is 5.56 Å². The molecule has 7 nitrogen and oxygen atoms in total. The summed E-state index contributed by atoms with van der Waals surface area (Å²) < 4.78 is 13.8. The summed E-state index contributed by atoms with van der Waals surface area (Å²) in [5.74, 6) is 0.0479. The SMILES string of the molecule is CCOC(=O)C1=C(C)N=c2s/c(=C\c3cc(Br)ccc3O)c(=O)n2C1c1c(OC)ccc2ccccc12. The number of aromatic hydroxyl groups is 1. The Hall–Kier alpha value is -3.69. The Morgan fingerprint density at radius 2 is 2.00 bits per heavy atom. The summed E-state index contributed by atoms with van der Waals surface area (Å²) in [6, 6.07) is 15.7. The maximum atomic E-state index is 13.9. The van der Waals surface area contributed by atoms with Crippen LogP contribution in [0.15, 0.2) is 80.1 Å². The maximum Gasteiger partial charge on any atom is 0.338 e. The highest BCUT2D eigenvalue weighted by Gasteiger charge is 2.36. The average molecular weight is 579 g/mol. The van der Waals surface area contributed by atoms with E-state index in [1.807, 2.05) is 36.4 Å². The van der Waals surface area contributed by atoms with E-state index in [9.17, 15) is 14.7 Å². The fourth-order valence-corrected chi connectivity index (χ4v) is 6.00. The minimum atomic E-state index is -0.824. The molecule has 2 heterocycles. The fourth-order valence-electron chi connectivity index (χ4n) is 4.58. The Morgan fingerprint density at radius 3 is 2.76 bits per heavy atom. The first kappa shape index (κ1) is 25.0. The van der Waals surface area contributed by atoms with Crippen molar-refractivity contribution in [2.75, 3.05) is 13.7 Å². The van der Waals surface area contributed by atoms with Crippen LogP contribution in [0, 0.1) is 0 Å². The molecule has 1 atom stereocenters. The van der Waals surface area contributed by atoms with Crippen LogP contribution in [0.5, 0.6) is 11.5 Å². The van der Waals surface area contributed by atoms with E-state index in [4.69, 9.17) is 9.47 Å². The number of methoxy groups -OCH3 is 1. The van der Waals surface area contributed by atoms with Crippen molar-refractivity contribution < 1.29 is 19.4 Å². The Bertz CT molecular complexity index is 1770. The molecule has 0 spiro atoms. The van der Waals surface area contributed by atoms with Gasteiger partial charge < -0.3 is 14.6 Å². The van der Waals surface area contributed by atoms with Crippen LogP contribution in [-0.2, 0) is 9.53 Å². The van der Waals surface area contributed by atoms with Crippen molar-refractivity contribution in [3.8, 4) is 11.5 Å². The first-order chi connectivity index (χ1) is 17.8. The molecule has 0 amide bonds. The number of aromatic nitrogens is 1. The second-order valence-electron chi connectivity index (χ2n) is 8.41. The number of benzene rings is 3. The summed E-state index contributed by atoms with van der Waals surface area (Å²) in [6.07, 6.45) is 1.63. The topological polar surface area (TPSA) is 90.1 Å². The minimum Gasteiger partial charge on any atom is -0.507 e. The van der Waals surface area contributed by atoms with Gasteiger partial charge in [0, 0.05) is 15.6 Å². The smallest absolute Gasteiger partial charge is 0.338 e. The molecule has 1 aromatic heterocycles. The van der Waals surface area contributed by atoms with Crippen LogP contribution >= 0.6 is 27.3 Å². The third-order valence-electron chi connectivity index (χ3n) is 6.22. The number of halogens is 1. The van der Waals surface area contributed by atoms with Gasteiger partial charge in [-0.2, -0.15) is 0 Å². The Morgan fingerprint density at radius 1 is 1.22 bits per heavy atom. The first-order valence-electron chi connectivity index (χ1n) is 11.6. The number of esters is 1. The maximum absolute atomic E-state index is 13.9. The molecular formula is C28H23BrN2O5S. The lowest BCUT2D eigenvalue weighted by Gasteiger charge is -2.27. The molecule has 5 rings (SSSR count). The zero-order valence-corrected chi connectivity index (χ0v) is 22.7. The molecule has 3 aromatic carbocycles. The van der Waals surface area contributed by atoms with Gasteiger partial charge in [-0.15, -0.1) is 0 Å². The van der Waals surface area contributed by atoms with Crippen LogP contribution in [0.4, 0.5) is 0 Å². The lowest BCUT2D eigenvalue weighted by Crippen LogP contribution is -2.40. The van der Waals surface area contributed by atoms with Gasteiger partial charge >= 0.3 is 5.97 Å². The Labute approximate surface area is 224 Å². The highest BCUT2D eigenvalue weighted by molar-refractivity contribution is 9.10. The highest BCUT2D eigenvalue weighted by atomic mass is 79.9. The van der Waals surface area contributed by atoms with Crippen molar-refractivity contribution in [1.82, 2.24) is 4.57 Å². The molecule has 1 N–H and O–H groups in total. The molecule has 188 valence electrons.